The van der Waals surface area contributed by atoms with Crippen LogP contribution in [0.5, 0.6) is 0 Å². The van der Waals surface area contributed by atoms with E-state index >= 15 is 0 Å². The molecule has 2 heterocycles. The normalized spacial score (nSPS) is 23.3. The van der Waals surface area contributed by atoms with Crippen LogP contribution in [0.2, 0.25) is 0 Å². The minimum absolute atomic E-state index is 0.0350. The Kier molecular flexibility index (Phi) is 3.27. The number of rotatable bonds is 3. The van der Waals surface area contributed by atoms with Crippen LogP contribution in [0.4, 0.5) is 17.6 Å². The molecule has 0 unspecified atom stereocenters. The van der Waals surface area contributed by atoms with Gasteiger partial charge in [0.05, 0.1) is 0 Å². The van der Waals surface area contributed by atoms with Gasteiger partial charge in [-0.1, -0.05) is 0 Å². The van der Waals surface area contributed by atoms with E-state index in [1.54, 1.807) is 0 Å². The molecular formula is C9H8F4N4O2. The lowest BCUT2D eigenvalue weighted by atomic mass is 10.1. The van der Waals surface area contributed by atoms with Crippen LogP contribution >= 0.6 is 0 Å². The summed E-state index contributed by atoms with van der Waals surface area (Å²) in [4.78, 5) is 11.8. The summed E-state index contributed by atoms with van der Waals surface area (Å²) >= 11 is 0. The average molecular weight is 280 g/mol. The summed E-state index contributed by atoms with van der Waals surface area (Å²) in [6.45, 7) is 0. The van der Waals surface area contributed by atoms with Crippen LogP contribution in [0.15, 0.2) is 17.4 Å². The predicted octanol–water partition coefficient (Wildman–Crippen LogP) is 0.830. The van der Waals surface area contributed by atoms with Gasteiger partial charge in [-0.3, -0.25) is 9.89 Å². The van der Waals surface area contributed by atoms with Crippen molar-refractivity contribution in [2.75, 3.05) is 0 Å². The van der Waals surface area contributed by atoms with Crippen molar-refractivity contribution >= 4 is 11.6 Å². The summed E-state index contributed by atoms with van der Waals surface area (Å²) < 4.78 is 50.6. The second kappa shape index (κ2) is 4.61. The number of carbonyl (C=O) groups is 1. The van der Waals surface area contributed by atoms with Gasteiger partial charge < -0.3 is 5.11 Å². The number of amides is 1. The zero-order valence-corrected chi connectivity index (χ0v) is 9.23. The van der Waals surface area contributed by atoms with Crippen LogP contribution in [-0.2, 0) is 0 Å². The molecule has 0 fully saturated rings. The second-order valence-electron chi connectivity index (χ2n) is 3.84. The molecule has 10 heteroatoms. The molecule has 2 N–H and O–H groups in total. The van der Waals surface area contributed by atoms with Crippen LogP contribution in [0, 0.1) is 0 Å². The van der Waals surface area contributed by atoms with E-state index in [0.717, 1.165) is 6.07 Å². The van der Waals surface area contributed by atoms with Gasteiger partial charge in [0.1, 0.15) is 11.4 Å². The van der Waals surface area contributed by atoms with Crippen molar-refractivity contribution in [2.24, 2.45) is 5.10 Å². The first-order valence-electron chi connectivity index (χ1n) is 5.06. The fourth-order valence-electron chi connectivity index (χ4n) is 1.59. The van der Waals surface area contributed by atoms with E-state index in [1.807, 2.05) is 0 Å². The lowest BCUT2D eigenvalue weighted by Gasteiger charge is -2.29. The number of carbonyl (C=O) groups excluding carboxylic acids is 1. The van der Waals surface area contributed by atoms with Gasteiger partial charge in [-0.2, -0.15) is 15.2 Å². The van der Waals surface area contributed by atoms with Crippen LogP contribution in [0.3, 0.4) is 0 Å². The second-order valence-corrected chi connectivity index (χ2v) is 3.84. The number of hydrogen-bond donors (Lipinski definition) is 2. The highest BCUT2D eigenvalue weighted by atomic mass is 19.3. The third-order valence-corrected chi connectivity index (χ3v) is 2.56. The van der Waals surface area contributed by atoms with Gasteiger partial charge in [0.2, 0.25) is 5.72 Å². The predicted molar refractivity (Wildman–Crippen MR) is 53.8 cm³/mol. The van der Waals surface area contributed by atoms with Crippen LogP contribution < -0.4 is 0 Å². The van der Waals surface area contributed by atoms with Crippen molar-refractivity contribution < 1.29 is 27.5 Å². The molecule has 1 aromatic rings. The van der Waals surface area contributed by atoms with Crippen molar-refractivity contribution in [1.29, 1.82) is 0 Å². The number of halogens is 4. The molecule has 1 atom stereocenters. The van der Waals surface area contributed by atoms with Gasteiger partial charge in [0, 0.05) is 12.6 Å². The number of aliphatic hydroxyl groups is 1. The number of nitrogens with one attached hydrogen (secondary N) is 1. The van der Waals surface area contributed by atoms with Crippen molar-refractivity contribution in [2.45, 2.75) is 25.0 Å². The maximum Gasteiger partial charge on any atom is 0.294 e. The van der Waals surface area contributed by atoms with Gasteiger partial charge in [-0.05, 0) is 6.07 Å². The summed E-state index contributed by atoms with van der Waals surface area (Å²) in [6, 6.07) is 1.14. The number of hydrazone groups is 1. The number of H-pyrrole nitrogens is 1. The first-order chi connectivity index (χ1) is 8.86. The summed E-state index contributed by atoms with van der Waals surface area (Å²) in [6.07, 6.45) is -6.52. The van der Waals surface area contributed by atoms with E-state index in [1.165, 1.54) is 6.20 Å². The number of nitrogens with zero attached hydrogens (tertiary/aromatic N) is 3. The fourth-order valence-corrected chi connectivity index (χ4v) is 1.59. The van der Waals surface area contributed by atoms with Crippen molar-refractivity contribution in [3.8, 4) is 0 Å². The first-order valence-corrected chi connectivity index (χ1v) is 5.06. The van der Waals surface area contributed by atoms with E-state index in [9.17, 15) is 27.5 Å². The topological polar surface area (TPSA) is 81.6 Å². The highest BCUT2D eigenvalue weighted by Gasteiger charge is 2.53. The Morgan fingerprint density at radius 2 is 2.16 bits per heavy atom. The van der Waals surface area contributed by atoms with E-state index in [0.29, 0.717) is 0 Å². The third-order valence-electron chi connectivity index (χ3n) is 2.56. The Hall–Kier alpha value is -1.97. The SMILES string of the molecule is O=C(c1ccn[nH]1)N1N=C(C(F)F)C[C@@]1(O)C(F)F. The lowest BCUT2D eigenvalue weighted by molar-refractivity contribution is -0.164. The molecule has 2 rings (SSSR count). The van der Waals surface area contributed by atoms with Crippen molar-refractivity contribution in [3.05, 3.63) is 18.0 Å². The zero-order chi connectivity index (χ0) is 14.2. The minimum Gasteiger partial charge on any atom is -0.364 e. The van der Waals surface area contributed by atoms with E-state index in [-0.39, 0.29) is 10.7 Å². The molecule has 0 aromatic carbocycles. The first kappa shape index (κ1) is 13.5. The van der Waals surface area contributed by atoms with Gasteiger partial charge >= 0.3 is 0 Å². The quantitative estimate of drug-likeness (QED) is 0.805. The molecule has 1 aliphatic rings. The third kappa shape index (κ3) is 2.18. The summed E-state index contributed by atoms with van der Waals surface area (Å²) in [5.74, 6) is -1.17. The Labute approximate surface area is 103 Å². The molecular weight excluding hydrogens is 272 g/mol. The van der Waals surface area contributed by atoms with E-state index < -0.39 is 36.6 Å². The number of hydrogen-bond acceptors (Lipinski definition) is 4. The van der Waals surface area contributed by atoms with Gasteiger partial charge in [0.15, 0.2) is 0 Å². The Balaban J connectivity index is 2.36. The molecule has 104 valence electrons. The Bertz CT molecular complexity index is 504. The molecule has 0 radical (unpaired) electrons. The number of aromatic nitrogens is 2. The summed E-state index contributed by atoms with van der Waals surface area (Å²) in [7, 11) is 0. The molecule has 1 amide bonds. The standard InChI is InChI=1S/C9H8F4N4O2/c10-6(11)5-3-9(19,8(12)13)17(16-5)7(18)4-1-2-14-15-4/h1-2,6,8,19H,3H2,(H,14,15)/t9-/m1/s1. The van der Waals surface area contributed by atoms with Crippen LogP contribution in [0.1, 0.15) is 16.9 Å². The molecule has 0 spiro atoms. The summed E-state index contributed by atoms with van der Waals surface area (Å²) in [5, 5.41) is 18.3. The molecule has 6 nitrogen and oxygen atoms in total. The molecule has 19 heavy (non-hydrogen) atoms. The van der Waals surface area contributed by atoms with Crippen molar-refractivity contribution in [1.82, 2.24) is 15.2 Å². The van der Waals surface area contributed by atoms with E-state index in [2.05, 4.69) is 15.3 Å². The van der Waals surface area contributed by atoms with Crippen molar-refractivity contribution in [3.63, 3.8) is 0 Å². The molecule has 0 bridgehead atoms. The van der Waals surface area contributed by atoms with Gasteiger partial charge in [-0.25, -0.2) is 17.6 Å². The molecule has 1 aliphatic heterocycles. The van der Waals surface area contributed by atoms with Gasteiger partial charge in [-0.15, -0.1) is 0 Å². The maximum absolute atomic E-state index is 12.8. The Morgan fingerprint density at radius 3 is 2.63 bits per heavy atom. The van der Waals surface area contributed by atoms with Crippen LogP contribution in [0.25, 0.3) is 0 Å². The monoisotopic (exact) mass is 280 g/mol. The number of aromatic amines is 1. The Morgan fingerprint density at radius 1 is 1.47 bits per heavy atom. The highest BCUT2D eigenvalue weighted by Crippen LogP contribution is 2.33. The smallest absolute Gasteiger partial charge is 0.294 e. The fraction of sp³-hybridized carbons (Fsp3) is 0.444. The summed E-state index contributed by atoms with van der Waals surface area (Å²) in [5.41, 5.74) is -4.30. The minimum atomic E-state index is -3.45. The average Bonchev–Trinajstić information content (AvgIpc) is 2.95. The largest absolute Gasteiger partial charge is 0.364 e. The highest BCUT2D eigenvalue weighted by molar-refractivity contribution is 5.97. The molecule has 0 saturated heterocycles. The van der Waals surface area contributed by atoms with Crippen LogP contribution in [-0.4, -0.2) is 50.5 Å². The lowest BCUT2D eigenvalue weighted by Crippen LogP contribution is -2.51. The maximum atomic E-state index is 12.8. The molecule has 0 saturated carbocycles. The van der Waals surface area contributed by atoms with E-state index in [4.69, 9.17) is 0 Å². The molecule has 1 aromatic heterocycles. The zero-order valence-electron chi connectivity index (χ0n) is 9.23. The number of alkyl halides is 4. The van der Waals surface area contributed by atoms with Gasteiger partial charge in [0.25, 0.3) is 18.8 Å². The molecule has 0 aliphatic carbocycles.